The molecular weight excluding hydrogens is 294 g/mol. The van der Waals surface area contributed by atoms with E-state index in [9.17, 15) is 5.11 Å². The molecule has 130 valence electrons. The lowest BCUT2D eigenvalue weighted by Gasteiger charge is -2.35. The van der Waals surface area contributed by atoms with Gasteiger partial charge in [0.25, 0.3) is 0 Å². The lowest BCUT2D eigenvalue weighted by molar-refractivity contribution is 0.0450. The second-order valence-electron chi connectivity index (χ2n) is 6.45. The first kappa shape index (κ1) is 18.7. The molecule has 0 aliphatic carbocycles. The van der Waals surface area contributed by atoms with Gasteiger partial charge in [0.05, 0.1) is 12.1 Å². The zero-order valence-electron chi connectivity index (χ0n) is 15.1. The van der Waals surface area contributed by atoms with E-state index in [1.807, 2.05) is 36.4 Å². The largest absolute Gasteiger partial charge is 0.386 e. The summed E-state index contributed by atoms with van der Waals surface area (Å²) >= 11 is 0. The number of aliphatic hydroxyl groups is 1. The van der Waals surface area contributed by atoms with Gasteiger partial charge in [0.1, 0.15) is 0 Å². The molecule has 2 aromatic rings. The highest BCUT2D eigenvalue weighted by atomic mass is 16.3. The third-order valence-corrected chi connectivity index (χ3v) is 4.57. The predicted octanol–water partition coefficient (Wildman–Crippen LogP) is 5.36. The Kier molecular flexibility index (Phi) is 8.00. The van der Waals surface area contributed by atoms with Crippen molar-refractivity contribution in [2.45, 2.75) is 51.7 Å². The summed E-state index contributed by atoms with van der Waals surface area (Å²) in [6.45, 7) is 6.51. The topological polar surface area (TPSA) is 23.5 Å². The van der Waals surface area contributed by atoms with Gasteiger partial charge in [0.15, 0.2) is 0 Å². The summed E-state index contributed by atoms with van der Waals surface area (Å²) in [6, 6.07) is 20.5. The Morgan fingerprint density at radius 2 is 1.21 bits per heavy atom. The number of benzene rings is 2. The molecule has 2 aromatic carbocycles. The number of nitrogens with zero attached hydrogens (tertiary/aromatic N) is 1. The molecule has 0 saturated carbocycles. The lowest BCUT2D eigenvalue weighted by Crippen LogP contribution is -2.34. The summed E-state index contributed by atoms with van der Waals surface area (Å²) in [4.78, 5) is 2.47. The van der Waals surface area contributed by atoms with Crippen molar-refractivity contribution in [3.63, 3.8) is 0 Å². The minimum atomic E-state index is -0.512. The van der Waals surface area contributed by atoms with Crippen LogP contribution in [0.2, 0.25) is 0 Å². The zero-order chi connectivity index (χ0) is 17.2. The van der Waals surface area contributed by atoms with Crippen LogP contribution in [0.5, 0.6) is 0 Å². The molecule has 24 heavy (non-hydrogen) atoms. The van der Waals surface area contributed by atoms with Crippen LogP contribution in [-0.4, -0.2) is 23.1 Å². The first-order valence-electron chi connectivity index (χ1n) is 9.30. The Balaban J connectivity index is 2.32. The molecule has 2 atom stereocenters. The average molecular weight is 325 g/mol. The van der Waals surface area contributed by atoms with Gasteiger partial charge < -0.3 is 5.11 Å². The molecule has 0 fully saturated rings. The highest BCUT2D eigenvalue weighted by molar-refractivity contribution is 5.26. The molecular formula is C22H31NO. The van der Waals surface area contributed by atoms with Crippen LogP contribution in [-0.2, 0) is 0 Å². The van der Waals surface area contributed by atoms with Gasteiger partial charge in [-0.15, -0.1) is 0 Å². The fourth-order valence-electron chi connectivity index (χ4n) is 3.19. The van der Waals surface area contributed by atoms with Gasteiger partial charge in [0, 0.05) is 0 Å². The molecule has 0 aliphatic rings. The van der Waals surface area contributed by atoms with Crippen molar-refractivity contribution in [1.29, 1.82) is 0 Å². The van der Waals surface area contributed by atoms with Gasteiger partial charge in [-0.2, -0.15) is 0 Å². The highest BCUT2D eigenvalue weighted by Crippen LogP contribution is 2.34. The molecule has 2 rings (SSSR count). The van der Waals surface area contributed by atoms with Crippen LogP contribution in [0, 0.1) is 0 Å². The Morgan fingerprint density at radius 1 is 0.750 bits per heavy atom. The van der Waals surface area contributed by atoms with Crippen LogP contribution >= 0.6 is 0 Å². The van der Waals surface area contributed by atoms with E-state index in [0.717, 1.165) is 31.5 Å². The molecule has 0 amide bonds. The number of aliphatic hydroxyl groups excluding tert-OH is 1. The first-order valence-corrected chi connectivity index (χ1v) is 9.30. The van der Waals surface area contributed by atoms with E-state index >= 15 is 0 Å². The minimum Gasteiger partial charge on any atom is -0.386 e. The second kappa shape index (κ2) is 10.3. The number of rotatable bonds is 10. The maximum atomic E-state index is 11.2. The molecule has 1 N–H and O–H groups in total. The van der Waals surface area contributed by atoms with E-state index in [2.05, 4.69) is 43.0 Å². The van der Waals surface area contributed by atoms with Crippen molar-refractivity contribution in [3.05, 3.63) is 71.8 Å². The monoisotopic (exact) mass is 325 g/mol. The van der Waals surface area contributed by atoms with Crippen molar-refractivity contribution in [1.82, 2.24) is 4.90 Å². The molecule has 0 heterocycles. The van der Waals surface area contributed by atoms with E-state index < -0.39 is 6.10 Å². The molecule has 0 saturated heterocycles. The van der Waals surface area contributed by atoms with Crippen molar-refractivity contribution in [3.8, 4) is 0 Å². The molecule has 0 unspecified atom stereocenters. The van der Waals surface area contributed by atoms with Crippen LogP contribution in [0.15, 0.2) is 60.7 Å². The summed E-state index contributed by atoms with van der Waals surface area (Å²) in [6.07, 6.45) is 4.16. The third kappa shape index (κ3) is 5.19. The Labute approximate surface area is 147 Å². The Hall–Kier alpha value is -1.64. The van der Waals surface area contributed by atoms with Crippen LogP contribution in [0.25, 0.3) is 0 Å². The summed E-state index contributed by atoms with van der Waals surface area (Å²) in [5.41, 5.74) is 2.19. The second-order valence-corrected chi connectivity index (χ2v) is 6.45. The zero-order valence-corrected chi connectivity index (χ0v) is 15.1. The molecule has 2 heteroatoms. The summed E-state index contributed by atoms with van der Waals surface area (Å²) in [7, 11) is 0. The summed E-state index contributed by atoms with van der Waals surface area (Å²) in [5, 5.41) is 11.2. The van der Waals surface area contributed by atoms with Crippen LogP contribution in [0.3, 0.4) is 0 Å². The number of hydrogen-bond acceptors (Lipinski definition) is 2. The van der Waals surface area contributed by atoms with Gasteiger partial charge in [-0.1, -0.05) is 87.4 Å². The fraction of sp³-hybridized carbons (Fsp3) is 0.455. The van der Waals surface area contributed by atoms with Crippen molar-refractivity contribution in [2.24, 2.45) is 0 Å². The SMILES string of the molecule is CCCCN(CCCC)[C@H](c1ccccc1)[C@H](O)c1ccccc1. The van der Waals surface area contributed by atoms with Gasteiger partial charge in [-0.05, 0) is 37.1 Å². The van der Waals surface area contributed by atoms with E-state index in [1.54, 1.807) is 0 Å². The maximum Gasteiger partial charge on any atom is 0.0986 e. The molecule has 0 radical (unpaired) electrons. The number of hydrogen-bond donors (Lipinski definition) is 1. The molecule has 0 spiro atoms. The predicted molar refractivity (Wildman–Crippen MR) is 102 cm³/mol. The van der Waals surface area contributed by atoms with Gasteiger partial charge >= 0.3 is 0 Å². The van der Waals surface area contributed by atoms with Gasteiger partial charge in [-0.3, -0.25) is 4.90 Å². The first-order chi connectivity index (χ1) is 11.8. The van der Waals surface area contributed by atoms with E-state index in [1.165, 1.54) is 18.4 Å². The van der Waals surface area contributed by atoms with Crippen LogP contribution < -0.4 is 0 Å². The van der Waals surface area contributed by atoms with E-state index in [-0.39, 0.29) is 6.04 Å². The summed E-state index contributed by atoms with van der Waals surface area (Å²) < 4.78 is 0. The minimum absolute atomic E-state index is 0.00620. The Morgan fingerprint density at radius 3 is 1.67 bits per heavy atom. The highest BCUT2D eigenvalue weighted by Gasteiger charge is 2.28. The summed E-state index contributed by atoms with van der Waals surface area (Å²) in [5.74, 6) is 0. The number of unbranched alkanes of at least 4 members (excludes halogenated alkanes) is 2. The van der Waals surface area contributed by atoms with E-state index in [4.69, 9.17) is 0 Å². The van der Waals surface area contributed by atoms with Crippen molar-refractivity contribution < 1.29 is 5.11 Å². The standard InChI is InChI=1S/C22H31NO/c1-3-5-17-23(18-6-4-2)21(19-13-9-7-10-14-19)22(24)20-15-11-8-12-16-20/h7-16,21-22,24H,3-6,17-18H2,1-2H3/t21-,22-/m1/s1. The Bertz CT molecular complexity index is 547. The smallest absolute Gasteiger partial charge is 0.0986 e. The molecule has 2 nitrogen and oxygen atoms in total. The van der Waals surface area contributed by atoms with Crippen molar-refractivity contribution in [2.75, 3.05) is 13.1 Å². The van der Waals surface area contributed by atoms with Crippen LogP contribution in [0.4, 0.5) is 0 Å². The van der Waals surface area contributed by atoms with E-state index in [0.29, 0.717) is 0 Å². The normalized spacial score (nSPS) is 13.8. The van der Waals surface area contributed by atoms with Crippen LogP contribution in [0.1, 0.15) is 62.8 Å². The molecule has 0 bridgehead atoms. The van der Waals surface area contributed by atoms with Gasteiger partial charge in [0.2, 0.25) is 0 Å². The van der Waals surface area contributed by atoms with Gasteiger partial charge in [-0.25, -0.2) is 0 Å². The molecule has 0 aromatic heterocycles. The fourth-order valence-corrected chi connectivity index (χ4v) is 3.19. The van der Waals surface area contributed by atoms with Crippen molar-refractivity contribution >= 4 is 0 Å². The maximum absolute atomic E-state index is 11.2. The quantitative estimate of drug-likeness (QED) is 0.635. The lowest BCUT2D eigenvalue weighted by atomic mass is 9.93. The third-order valence-electron chi connectivity index (χ3n) is 4.57. The average Bonchev–Trinajstić information content (AvgIpc) is 2.65. The molecule has 0 aliphatic heterocycles.